The minimum absolute atomic E-state index is 0.154. The van der Waals surface area contributed by atoms with E-state index in [1.165, 1.54) is 0 Å². The lowest BCUT2D eigenvalue weighted by Crippen LogP contribution is -2.46. The number of hydrogen-bond donors (Lipinski definition) is 2. The van der Waals surface area contributed by atoms with Crippen LogP contribution in [-0.2, 0) is 10.4 Å². The summed E-state index contributed by atoms with van der Waals surface area (Å²) in [5, 5.41) is 10.1. The predicted molar refractivity (Wildman–Crippen MR) is 77.4 cm³/mol. The maximum absolute atomic E-state index is 12.7. The number of primary amides is 1. The summed E-state index contributed by atoms with van der Waals surface area (Å²) in [5.74, 6) is -0.187. The fourth-order valence-corrected chi connectivity index (χ4v) is 3.18. The fourth-order valence-electron chi connectivity index (χ4n) is 3.18. The van der Waals surface area contributed by atoms with Crippen molar-refractivity contribution in [2.75, 3.05) is 0 Å². The normalized spacial score (nSPS) is 27.4. The third-order valence-electron chi connectivity index (χ3n) is 4.48. The van der Waals surface area contributed by atoms with Gasteiger partial charge in [0, 0.05) is 11.6 Å². The number of amides is 2. The van der Waals surface area contributed by atoms with Crippen molar-refractivity contribution in [3.05, 3.63) is 35.4 Å². The van der Waals surface area contributed by atoms with Crippen LogP contribution in [0.25, 0.3) is 0 Å². The Kier molecular flexibility index (Phi) is 3.06. The highest BCUT2D eigenvalue weighted by Gasteiger charge is 2.55. The van der Waals surface area contributed by atoms with Crippen molar-refractivity contribution in [3.63, 3.8) is 0 Å². The number of aliphatic hydroxyl groups is 1. The molecule has 5 nitrogen and oxygen atoms in total. The average molecular weight is 288 g/mol. The fraction of sp³-hybridized carbons (Fsp3) is 0.500. The zero-order chi connectivity index (χ0) is 15.4. The number of benzene rings is 1. The molecular weight excluding hydrogens is 268 g/mol. The first-order chi connectivity index (χ1) is 9.79. The maximum Gasteiger partial charge on any atom is 0.254 e. The lowest BCUT2D eigenvalue weighted by atomic mass is 9.96. The topological polar surface area (TPSA) is 83.6 Å². The Balaban J connectivity index is 1.90. The number of nitrogens with zero attached hydrogens (tertiary/aromatic N) is 1. The largest absolute Gasteiger partial charge is 0.386 e. The molecule has 2 fully saturated rings. The van der Waals surface area contributed by atoms with Crippen molar-refractivity contribution in [1.82, 2.24) is 4.90 Å². The Morgan fingerprint density at radius 1 is 1.33 bits per heavy atom. The molecule has 2 amide bonds. The van der Waals surface area contributed by atoms with E-state index in [-0.39, 0.29) is 11.9 Å². The minimum Gasteiger partial charge on any atom is -0.386 e. The highest BCUT2D eigenvalue weighted by molar-refractivity contribution is 5.98. The molecule has 0 radical (unpaired) electrons. The Bertz CT molecular complexity index is 606. The van der Waals surface area contributed by atoms with Gasteiger partial charge in [0.1, 0.15) is 6.04 Å². The smallest absolute Gasteiger partial charge is 0.254 e. The van der Waals surface area contributed by atoms with Crippen LogP contribution in [0.4, 0.5) is 0 Å². The van der Waals surface area contributed by atoms with Crippen LogP contribution in [-0.4, -0.2) is 33.9 Å². The van der Waals surface area contributed by atoms with Gasteiger partial charge in [-0.2, -0.15) is 0 Å². The van der Waals surface area contributed by atoms with Gasteiger partial charge in [-0.1, -0.05) is 12.1 Å². The van der Waals surface area contributed by atoms with Gasteiger partial charge in [0.25, 0.3) is 5.91 Å². The van der Waals surface area contributed by atoms with Gasteiger partial charge in [-0.15, -0.1) is 0 Å². The molecule has 3 atom stereocenters. The summed E-state index contributed by atoms with van der Waals surface area (Å²) in [6, 6.07) is 6.60. The molecule has 1 aliphatic carbocycles. The molecule has 1 heterocycles. The zero-order valence-corrected chi connectivity index (χ0v) is 12.2. The van der Waals surface area contributed by atoms with Gasteiger partial charge in [-0.05, 0) is 50.3 Å². The molecule has 1 saturated carbocycles. The molecule has 3 unspecified atom stereocenters. The number of fused-ring (bicyclic) bond motifs is 1. The van der Waals surface area contributed by atoms with Crippen LogP contribution < -0.4 is 5.73 Å². The van der Waals surface area contributed by atoms with E-state index >= 15 is 0 Å². The number of hydrogen-bond acceptors (Lipinski definition) is 3. The lowest BCUT2D eigenvalue weighted by Gasteiger charge is -2.26. The van der Waals surface area contributed by atoms with Crippen LogP contribution in [0.3, 0.4) is 0 Å². The van der Waals surface area contributed by atoms with Crippen molar-refractivity contribution in [2.24, 2.45) is 11.7 Å². The van der Waals surface area contributed by atoms with Gasteiger partial charge in [-0.25, -0.2) is 0 Å². The number of rotatable bonds is 3. The molecular formula is C16H20N2O3. The van der Waals surface area contributed by atoms with E-state index in [0.29, 0.717) is 23.5 Å². The molecule has 2 aliphatic rings. The number of likely N-dealkylation sites (tertiary alicyclic amines) is 1. The Labute approximate surface area is 123 Å². The first kappa shape index (κ1) is 14.1. The van der Waals surface area contributed by atoms with Crippen LogP contribution in [0, 0.1) is 5.92 Å². The van der Waals surface area contributed by atoms with Gasteiger partial charge in [0.2, 0.25) is 5.91 Å². The predicted octanol–water partition coefficient (Wildman–Crippen LogP) is 1.00. The van der Waals surface area contributed by atoms with Crippen molar-refractivity contribution in [1.29, 1.82) is 0 Å². The molecule has 0 aromatic heterocycles. The number of carbonyl (C=O) groups is 2. The van der Waals surface area contributed by atoms with E-state index in [1.54, 1.807) is 43.0 Å². The van der Waals surface area contributed by atoms with Crippen molar-refractivity contribution < 1.29 is 14.7 Å². The first-order valence-corrected chi connectivity index (χ1v) is 7.24. The summed E-state index contributed by atoms with van der Waals surface area (Å²) in [5.41, 5.74) is 5.58. The Morgan fingerprint density at radius 3 is 2.67 bits per heavy atom. The molecule has 1 aromatic rings. The summed E-state index contributed by atoms with van der Waals surface area (Å²) in [7, 11) is 0. The van der Waals surface area contributed by atoms with Gasteiger partial charge < -0.3 is 15.7 Å². The maximum atomic E-state index is 12.7. The molecule has 0 bridgehead atoms. The Hall–Kier alpha value is -1.88. The van der Waals surface area contributed by atoms with E-state index in [1.807, 2.05) is 0 Å². The number of piperidine rings is 1. The highest BCUT2D eigenvalue weighted by atomic mass is 16.3. The summed E-state index contributed by atoms with van der Waals surface area (Å²) in [6.07, 6.45) is 1.64. The molecule has 5 heteroatoms. The highest BCUT2D eigenvalue weighted by Crippen LogP contribution is 2.48. The standard InChI is InChI=1S/C16H20N2O3/c1-16(2,21)11-5-3-4-9(6-11)15(20)18-12-7-10(12)8-13(18)14(17)19/h3-6,10,12-13,21H,7-8H2,1-2H3,(H2,17,19). The second kappa shape index (κ2) is 4.56. The first-order valence-electron chi connectivity index (χ1n) is 7.24. The van der Waals surface area contributed by atoms with E-state index < -0.39 is 17.6 Å². The van der Waals surface area contributed by atoms with Gasteiger partial charge in [-0.3, -0.25) is 9.59 Å². The zero-order valence-electron chi connectivity index (χ0n) is 12.2. The lowest BCUT2D eigenvalue weighted by molar-refractivity contribution is -0.122. The third-order valence-corrected chi connectivity index (χ3v) is 4.48. The van der Waals surface area contributed by atoms with Crippen molar-refractivity contribution in [3.8, 4) is 0 Å². The molecule has 1 aromatic carbocycles. The van der Waals surface area contributed by atoms with Crippen LogP contribution in [0.15, 0.2) is 24.3 Å². The minimum atomic E-state index is -1.01. The van der Waals surface area contributed by atoms with Crippen LogP contribution in [0.5, 0.6) is 0 Å². The summed E-state index contributed by atoms with van der Waals surface area (Å²) in [4.78, 5) is 25.9. The van der Waals surface area contributed by atoms with Crippen LogP contribution >= 0.6 is 0 Å². The second-order valence-corrected chi connectivity index (χ2v) is 6.57. The summed E-state index contributed by atoms with van der Waals surface area (Å²) >= 11 is 0. The molecule has 3 N–H and O–H groups in total. The second-order valence-electron chi connectivity index (χ2n) is 6.57. The molecule has 0 spiro atoms. The summed E-state index contributed by atoms with van der Waals surface area (Å²) < 4.78 is 0. The van der Waals surface area contributed by atoms with Crippen molar-refractivity contribution >= 4 is 11.8 Å². The molecule has 3 rings (SSSR count). The third kappa shape index (κ3) is 2.42. The average Bonchev–Trinajstić information content (AvgIpc) is 3.08. The number of nitrogens with two attached hydrogens (primary N) is 1. The van der Waals surface area contributed by atoms with Crippen LogP contribution in [0.2, 0.25) is 0 Å². The molecule has 1 saturated heterocycles. The molecule has 112 valence electrons. The van der Waals surface area contributed by atoms with E-state index in [0.717, 1.165) is 6.42 Å². The van der Waals surface area contributed by atoms with E-state index in [2.05, 4.69) is 0 Å². The quantitative estimate of drug-likeness (QED) is 0.870. The Morgan fingerprint density at radius 2 is 2.05 bits per heavy atom. The SMILES string of the molecule is CC(C)(O)c1cccc(C(=O)N2C(C(N)=O)CC3CC32)c1. The molecule has 1 aliphatic heterocycles. The van der Waals surface area contributed by atoms with Crippen LogP contribution in [0.1, 0.15) is 42.6 Å². The van der Waals surface area contributed by atoms with E-state index in [4.69, 9.17) is 5.73 Å². The number of carbonyl (C=O) groups excluding carboxylic acids is 2. The monoisotopic (exact) mass is 288 g/mol. The van der Waals surface area contributed by atoms with Gasteiger partial charge in [0.15, 0.2) is 0 Å². The van der Waals surface area contributed by atoms with E-state index in [9.17, 15) is 14.7 Å². The molecule has 21 heavy (non-hydrogen) atoms. The summed E-state index contributed by atoms with van der Waals surface area (Å²) in [6.45, 7) is 3.35. The van der Waals surface area contributed by atoms with Gasteiger partial charge in [0.05, 0.1) is 5.60 Å². The van der Waals surface area contributed by atoms with Crippen molar-refractivity contribution in [2.45, 2.75) is 44.4 Å². The van der Waals surface area contributed by atoms with Gasteiger partial charge >= 0.3 is 0 Å².